The monoisotopic (exact) mass is 260 g/mol. The lowest BCUT2D eigenvalue weighted by atomic mass is 10.1. The number of alkyl halides is 1. The molecule has 4 heteroatoms. The maximum atomic E-state index is 12.0. The van der Waals surface area contributed by atoms with Crippen LogP contribution in [0.2, 0.25) is 0 Å². The average Bonchev–Trinajstić information content (AvgIpc) is 2.18. The van der Waals surface area contributed by atoms with Gasteiger partial charge in [0.05, 0.1) is 5.56 Å². The quantitative estimate of drug-likeness (QED) is 0.777. The second-order valence-electron chi connectivity index (χ2n) is 2.64. The van der Waals surface area contributed by atoms with E-state index >= 15 is 0 Å². The summed E-state index contributed by atoms with van der Waals surface area (Å²) < 4.78 is 17.4. The molecule has 2 nitrogen and oxygen atoms in total. The predicted molar refractivity (Wildman–Crippen MR) is 55.4 cm³/mol. The zero-order valence-electron chi connectivity index (χ0n) is 7.72. The van der Waals surface area contributed by atoms with Crippen LogP contribution in [0.1, 0.15) is 23.7 Å². The van der Waals surface area contributed by atoms with Crippen molar-refractivity contribution in [3.63, 3.8) is 0 Å². The number of Topliss-reactive ketones (excluding diaryl/α,β-unsaturated/α-hetero) is 1. The Kier molecular flexibility index (Phi) is 4.07. The van der Waals surface area contributed by atoms with Crippen molar-refractivity contribution in [3.05, 3.63) is 28.2 Å². The standard InChI is InChI=1S/C10H10BrFO2/c1-2-8(13)10-7(11)4-3-5-9(10)14-6-12/h3-5H,2,6H2,1H3. The maximum Gasteiger partial charge on any atom is 0.228 e. The number of ketones is 1. The van der Waals surface area contributed by atoms with E-state index in [-0.39, 0.29) is 11.5 Å². The van der Waals surface area contributed by atoms with E-state index in [2.05, 4.69) is 15.9 Å². The molecule has 0 radical (unpaired) electrons. The largest absolute Gasteiger partial charge is 0.462 e. The molecule has 0 aliphatic heterocycles. The van der Waals surface area contributed by atoms with E-state index < -0.39 is 6.86 Å². The Bertz CT molecular complexity index is 339. The minimum atomic E-state index is -0.930. The lowest BCUT2D eigenvalue weighted by Gasteiger charge is -2.08. The van der Waals surface area contributed by atoms with Crippen LogP contribution in [0.3, 0.4) is 0 Å². The number of ether oxygens (including phenoxy) is 1. The Labute approximate surface area is 90.2 Å². The summed E-state index contributed by atoms with van der Waals surface area (Å²) in [4.78, 5) is 11.5. The molecule has 0 N–H and O–H groups in total. The minimum Gasteiger partial charge on any atom is -0.462 e. The molecule has 0 bridgehead atoms. The third-order valence-electron chi connectivity index (χ3n) is 1.79. The molecule has 0 fully saturated rings. The van der Waals surface area contributed by atoms with Crippen LogP contribution in [-0.4, -0.2) is 12.6 Å². The highest BCUT2D eigenvalue weighted by atomic mass is 79.9. The summed E-state index contributed by atoms with van der Waals surface area (Å²) in [7, 11) is 0. The molecule has 1 rings (SSSR count). The zero-order chi connectivity index (χ0) is 10.6. The van der Waals surface area contributed by atoms with Gasteiger partial charge in [0, 0.05) is 10.9 Å². The molecule has 0 atom stereocenters. The molecular formula is C10H10BrFO2. The third kappa shape index (κ3) is 2.32. The summed E-state index contributed by atoms with van der Waals surface area (Å²) in [5.74, 6) is 0.217. The van der Waals surface area contributed by atoms with Crippen LogP contribution in [0.25, 0.3) is 0 Å². The van der Waals surface area contributed by atoms with E-state index in [0.717, 1.165) is 0 Å². The summed E-state index contributed by atoms with van der Waals surface area (Å²) >= 11 is 3.24. The molecule has 1 aromatic rings. The molecule has 0 heterocycles. The molecular weight excluding hydrogens is 251 g/mol. The number of carbonyl (C=O) groups is 1. The number of carbonyl (C=O) groups excluding carboxylic acids is 1. The van der Waals surface area contributed by atoms with Crippen molar-refractivity contribution in [1.82, 2.24) is 0 Å². The normalized spacial score (nSPS) is 9.93. The van der Waals surface area contributed by atoms with Gasteiger partial charge in [-0.1, -0.05) is 13.0 Å². The van der Waals surface area contributed by atoms with Gasteiger partial charge in [-0.25, -0.2) is 4.39 Å². The Balaban J connectivity index is 3.15. The van der Waals surface area contributed by atoms with Crippen molar-refractivity contribution in [2.24, 2.45) is 0 Å². The molecule has 0 saturated heterocycles. The van der Waals surface area contributed by atoms with Gasteiger partial charge in [-0.15, -0.1) is 0 Å². The lowest BCUT2D eigenvalue weighted by Crippen LogP contribution is -2.03. The number of rotatable bonds is 4. The van der Waals surface area contributed by atoms with E-state index in [1.807, 2.05) is 0 Å². The highest BCUT2D eigenvalue weighted by Gasteiger charge is 2.14. The Morgan fingerprint density at radius 2 is 2.29 bits per heavy atom. The van der Waals surface area contributed by atoms with Gasteiger partial charge in [-0.3, -0.25) is 4.79 Å². The van der Waals surface area contributed by atoms with E-state index in [9.17, 15) is 9.18 Å². The number of hydrogen-bond acceptors (Lipinski definition) is 2. The Morgan fingerprint density at radius 1 is 1.57 bits per heavy atom. The van der Waals surface area contributed by atoms with Crippen molar-refractivity contribution < 1.29 is 13.9 Å². The van der Waals surface area contributed by atoms with Crippen LogP contribution in [0.15, 0.2) is 22.7 Å². The molecule has 0 unspecified atom stereocenters. The second-order valence-corrected chi connectivity index (χ2v) is 3.50. The minimum absolute atomic E-state index is 0.0686. The van der Waals surface area contributed by atoms with Gasteiger partial charge >= 0.3 is 0 Å². The first-order chi connectivity index (χ1) is 6.70. The molecule has 76 valence electrons. The topological polar surface area (TPSA) is 26.3 Å². The van der Waals surface area contributed by atoms with Crippen molar-refractivity contribution in [2.75, 3.05) is 6.86 Å². The molecule has 0 aromatic heterocycles. The molecule has 0 saturated carbocycles. The van der Waals surface area contributed by atoms with Crippen molar-refractivity contribution in [1.29, 1.82) is 0 Å². The van der Waals surface area contributed by atoms with Gasteiger partial charge < -0.3 is 4.74 Å². The van der Waals surface area contributed by atoms with Crippen LogP contribution in [0, 0.1) is 0 Å². The summed E-state index contributed by atoms with van der Waals surface area (Å²) in [6, 6.07) is 5.00. The first kappa shape index (κ1) is 11.2. The second kappa shape index (κ2) is 5.10. The fourth-order valence-electron chi connectivity index (χ4n) is 1.13. The molecule has 0 amide bonds. The highest BCUT2D eigenvalue weighted by molar-refractivity contribution is 9.10. The smallest absolute Gasteiger partial charge is 0.228 e. The predicted octanol–water partition coefficient (Wildman–Crippen LogP) is 3.35. The highest BCUT2D eigenvalue weighted by Crippen LogP contribution is 2.28. The van der Waals surface area contributed by atoms with Crippen LogP contribution >= 0.6 is 15.9 Å². The van der Waals surface area contributed by atoms with Gasteiger partial charge in [0.1, 0.15) is 5.75 Å². The van der Waals surface area contributed by atoms with Crippen LogP contribution in [-0.2, 0) is 0 Å². The molecule has 0 aliphatic carbocycles. The summed E-state index contributed by atoms with van der Waals surface area (Å²) in [6.07, 6.45) is 0.366. The Hall–Kier alpha value is -0.900. The van der Waals surface area contributed by atoms with Crippen molar-refractivity contribution in [2.45, 2.75) is 13.3 Å². The fourth-order valence-corrected chi connectivity index (χ4v) is 1.70. The molecule has 0 aliphatic rings. The van der Waals surface area contributed by atoms with Crippen molar-refractivity contribution >= 4 is 21.7 Å². The van der Waals surface area contributed by atoms with E-state index in [0.29, 0.717) is 16.5 Å². The van der Waals surface area contributed by atoms with Crippen molar-refractivity contribution in [3.8, 4) is 5.75 Å². The zero-order valence-corrected chi connectivity index (χ0v) is 9.30. The number of hydrogen-bond donors (Lipinski definition) is 0. The van der Waals surface area contributed by atoms with Gasteiger partial charge in [0.2, 0.25) is 6.86 Å². The van der Waals surface area contributed by atoms with Crippen LogP contribution < -0.4 is 4.74 Å². The van der Waals surface area contributed by atoms with Crippen LogP contribution in [0.5, 0.6) is 5.75 Å². The summed E-state index contributed by atoms with van der Waals surface area (Å²) in [6.45, 7) is 0.821. The van der Waals surface area contributed by atoms with E-state index in [4.69, 9.17) is 4.74 Å². The van der Waals surface area contributed by atoms with E-state index in [1.165, 1.54) is 0 Å². The first-order valence-electron chi connectivity index (χ1n) is 4.21. The van der Waals surface area contributed by atoms with Gasteiger partial charge in [-0.05, 0) is 28.1 Å². The first-order valence-corrected chi connectivity index (χ1v) is 5.00. The molecule has 1 aromatic carbocycles. The number of benzene rings is 1. The average molecular weight is 261 g/mol. The summed E-state index contributed by atoms with van der Waals surface area (Å²) in [5.41, 5.74) is 0.410. The van der Waals surface area contributed by atoms with E-state index in [1.54, 1.807) is 25.1 Å². The fraction of sp³-hybridized carbons (Fsp3) is 0.300. The summed E-state index contributed by atoms with van der Waals surface area (Å²) in [5, 5.41) is 0. The van der Waals surface area contributed by atoms with Gasteiger partial charge in [0.25, 0.3) is 0 Å². The Morgan fingerprint density at radius 3 is 2.86 bits per heavy atom. The van der Waals surface area contributed by atoms with Gasteiger partial charge in [-0.2, -0.15) is 0 Å². The van der Waals surface area contributed by atoms with Crippen LogP contribution in [0.4, 0.5) is 4.39 Å². The SMILES string of the molecule is CCC(=O)c1c(Br)cccc1OCF. The maximum absolute atomic E-state index is 12.0. The molecule has 0 spiro atoms. The number of halogens is 2. The molecule has 14 heavy (non-hydrogen) atoms. The third-order valence-corrected chi connectivity index (χ3v) is 2.45. The lowest BCUT2D eigenvalue weighted by molar-refractivity contribution is 0.0980. The van der Waals surface area contributed by atoms with Gasteiger partial charge in [0.15, 0.2) is 5.78 Å².